The minimum atomic E-state index is -0.0621. The van der Waals surface area contributed by atoms with Crippen molar-refractivity contribution in [2.45, 2.75) is 33.1 Å². The Morgan fingerprint density at radius 3 is 2.72 bits per heavy atom. The van der Waals surface area contributed by atoms with Crippen molar-refractivity contribution < 1.29 is 9.59 Å². The Kier molecular flexibility index (Phi) is 6.05. The zero-order chi connectivity index (χ0) is 13.4. The Morgan fingerprint density at radius 2 is 2.11 bits per heavy atom. The molecular formula is C14H20N2O2. The van der Waals surface area contributed by atoms with Gasteiger partial charge in [-0.3, -0.25) is 14.6 Å². The lowest BCUT2D eigenvalue weighted by molar-refractivity contribution is -0.121. The molecule has 0 saturated heterocycles. The van der Waals surface area contributed by atoms with Gasteiger partial charge in [0.1, 0.15) is 0 Å². The molecule has 0 aliphatic heterocycles. The molecule has 1 amide bonds. The fourth-order valence-corrected chi connectivity index (χ4v) is 1.49. The van der Waals surface area contributed by atoms with Crippen molar-refractivity contribution in [1.82, 2.24) is 10.3 Å². The van der Waals surface area contributed by atoms with Crippen molar-refractivity contribution in [3.63, 3.8) is 0 Å². The van der Waals surface area contributed by atoms with E-state index in [9.17, 15) is 9.59 Å². The summed E-state index contributed by atoms with van der Waals surface area (Å²) in [6.45, 7) is 4.90. The topological polar surface area (TPSA) is 59.1 Å². The fraction of sp³-hybridized carbons (Fsp3) is 0.500. The van der Waals surface area contributed by atoms with Gasteiger partial charge in [-0.25, -0.2) is 0 Å². The highest BCUT2D eigenvalue weighted by atomic mass is 16.2. The number of amides is 1. The average molecular weight is 248 g/mol. The van der Waals surface area contributed by atoms with Crippen LogP contribution in [0.5, 0.6) is 0 Å². The summed E-state index contributed by atoms with van der Waals surface area (Å²) in [5.74, 6) is 0.470. The second-order valence-corrected chi connectivity index (χ2v) is 4.70. The third-order valence-electron chi connectivity index (χ3n) is 2.61. The summed E-state index contributed by atoms with van der Waals surface area (Å²) in [6, 6.07) is 3.43. The second kappa shape index (κ2) is 7.58. The normalized spacial score (nSPS) is 10.4. The maximum absolute atomic E-state index is 11.7. The van der Waals surface area contributed by atoms with Crippen LogP contribution in [0.15, 0.2) is 24.5 Å². The molecular weight excluding hydrogens is 228 g/mol. The SMILES string of the molecule is CC(C)CCNC(=O)CCC(=O)c1cccnc1. The molecule has 0 unspecified atom stereocenters. The van der Waals surface area contributed by atoms with Crippen LogP contribution in [0.25, 0.3) is 0 Å². The Hall–Kier alpha value is -1.71. The Bertz CT molecular complexity index is 388. The van der Waals surface area contributed by atoms with Crippen LogP contribution in [0.4, 0.5) is 0 Å². The number of rotatable bonds is 7. The highest BCUT2D eigenvalue weighted by Gasteiger charge is 2.08. The first-order valence-electron chi connectivity index (χ1n) is 6.29. The quantitative estimate of drug-likeness (QED) is 0.753. The van der Waals surface area contributed by atoms with Crippen molar-refractivity contribution in [3.05, 3.63) is 30.1 Å². The van der Waals surface area contributed by atoms with Crippen molar-refractivity contribution in [3.8, 4) is 0 Å². The number of pyridine rings is 1. The van der Waals surface area contributed by atoms with Crippen LogP contribution in [0, 0.1) is 5.92 Å². The molecule has 98 valence electrons. The molecule has 18 heavy (non-hydrogen) atoms. The fourth-order valence-electron chi connectivity index (χ4n) is 1.49. The molecule has 4 nitrogen and oxygen atoms in total. The smallest absolute Gasteiger partial charge is 0.220 e. The lowest BCUT2D eigenvalue weighted by Crippen LogP contribution is -2.25. The van der Waals surface area contributed by atoms with E-state index in [1.165, 1.54) is 6.20 Å². The second-order valence-electron chi connectivity index (χ2n) is 4.70. The first kappa shape index (κ1) is 14.4. The maximum Gasteiger partial charge on any atom is 0.220 e. The molecule has 0 radical (unpaired) electrons. The summed E-state index contributed by atoms with van der Waals surface area (Å²) in [5, 5.41) is 2.81. The van der Waals surface area contributed by atoms with E-state index >= 15 is 0 Å². The molecule has 1 heterocycles. The van der Waals surface area contributed by atoms with E-state index in [0.29, 0.717) is 18.0 Å². The molecule has 1 rings (SSSR count). The van der Waals surface area contributed by atoms with Crippen LogP contribution >= 0.6 is 0 Å². The zero-order valence-corrected chi connectivity index (χ0v) is 11.0. The summed E-state index contributed by atoms with van der Waals surface area (Å²) in [5.41, 5.74) is 0.562. The van der Waals surface area contributed by atoms with Gasteiger partial charge in [0.15, 0.2) is 5.78 Å². The summed E-state index contributed by atoms with van der Waals surface area (Å²) in [6.07, 6.45) is 4.59. The lowest BCUT2D eigenvalue weighted by Gasteiger charge is -2.06. The molecule has 0 fully saturated rings. The average Bonchev–Trinajstić information content (AvgIpc) is 2.36. The van der Waals surface area contributed by atoms with Crippen LogP contribution in [0.2, 0.25) is 0 Å². The first-order valence-corrected chi connectivity index (χ1v) is 6.29. The van der Waals surface area contributed by atoms with E-state index in [0.717, 1.165) is 6.42 Å². The third-order valence-corrected chi connectivity index (χ3v) is 2.61. The van der Waals surface area contributed by atoms with E-state index in [1.807, 2.05) is 0 Å². The molecule has 0 atom stereocenters. The first-order chi connectivity index (χ1) is 8.59. The van der Waals surface area contributed by atoms with Crippen LogP contribution < -0.4 is 5.32 Å². The van der Waals surface area contributed by atoms with E-state index in [4.69, 9.17) is 0 Å². The van der Waals surface area contributed by atoms with Crippen LogP contribution in [-0.2, 0) is 4.79 Å². The van der Waals surface area contributed by atoms with Gasteiger partial charge in [0.25, 0.3) is 0 Å². The van der Waals surface area contributed by atoms with Gasteiger partial charge in [0.05, 0.1) is 0 Å². The molecule has 0 saturated carbocycles. The van der Waals surface area contributed by atoms with Gasteiger partial charge in [-0.15, -0.1) is 0 Å². The highest BCUT2D eigenvalue weighted by molar-refractivity contribution is 5.97. The molecule has 1 aromatic rings. The number of hydrogen-bond acceptors (Lipinski definition) is 3. The number of hydrogen-bond donors (Lipinski definition) is 1. The van der Waals surface area contributed by atoms with E-state index < -0.39 is 0 Å². The van der Waals surface area contributed by atoms with Crippen LogP contribution in [-0.4, -0.2) is 23.2 Å². The molecule has 1 N–H and O–H groups in total. The number of carbonyl (C=O) groups is 2. The number of Topliss-reactive ketones (excluding diaryl/α,β-unsaturated/α-hetero) is 1. The Morgan fingerprint density at radius 1 is 1.33 bits per heavy atom. The molecule has 0 bridgehead atoms. The van der Waals surface area contributed by atoms with Crippen molar-refractivity contribution in [2.75, 3.05) is 6.54 Å². The minimum absolute atomic E-state index is 0.0397. The summed E-state index contributed by atoms with van der Waals surface area (Å²) in [4.78, 5) is 27.1. The van der Waals surface area contributed by atoms with Gasteiger partial charge in [0, 0.05) is 37.3 Å². The van der Waals surface area contributed by atoms with Crippen molar-refractivity contribution in [1.29, 1.82) is 0 Å². The van der Waals surface area contributed by atoms with Gasteiger partial charge >= 0.3 is 0 Å². The van der Waals surface area contributed by atoms with E-state index in [-0.39, 0.29) is 24.5 Å². The summed E-state index contributed by atoms with van der Waals surface area (Å²) < 4.78 is 0. The lowest BCUT2D eigenvalue weighted by atomic mass is 10.1. The number of carbonyl (C=O) groups excluding carboxylic acids is 2. The van der Waals surface area contributed by atoms with Gasteiger partial charge in [-0.05, 0) is 24.5 Å². The Labute approximate surface area is 108 Å². The zero-order valence-electron chi connectivity index (χ0n) is 11.0. The third kappa shape index (κ3) is 5.57. The number of nitrogens with zero attached hydrogens (tertiary/aromatic N) is 1. The molecule has 1 aromatic heterocycles. The van der Waals surface area contributed by atoms with Crippen molar-refractivity contribution >= 4 is 11.7 Å². The largest absolute Gasteiger partial charge is 0.356 e. The van der Waals surface area contributed by atoms with Gasteiger partial charge in [0.2, 0.25) is 5.91 Å². The van der Waals surface area contributed by atoms with Crippen molar-refractivity contribution in [2.24, 2.45) is 5.92 Å². The predicted molar refractivity (Wildman–Crippen MR) is 70.3 cm³/mol. The standard InChI is InChI=1S/C14H20N2O2/c1-11(2)7-9-16-14(18)6-5-13(17)12-4-3-8-15-10-12/h3-4,8,10-11H,5-7,9H2,1-2H3,(H,16,18). The minimum Gasteiger partial charge on any atom is -0.356 e. The van der Waals surface area contributed by atoms with Gasteiger partial charge in [-0.1, -0.05) is 13.8 Å². The van der Waals surface area contributed by atoms with Crippen LogP contribution in [0.1, 0.15) is 43.5 Å². The Balaban J connectivity index is 2.24. The summed E-state index contributed by atoms with van der Waals surface area (Å²) in [7, 11) is 0. The van der Waals surface area contributed by atoms with E-state index in [2.05, 4.69) is 24.1 Å². The molecule has 4 heteroatoms. The summed E-state index contributed by atoms with van der Waals surface area (Å²) >= 11 is 0. The van der Waals surface area contributed by atoms with E-state index in [1.54, 1.807) is 18.3 Å². The highest BCUT2D eigenvalue weighted by Crippen LogP contribution is 2.03. The monoisotopic (exact) mass is 248 g/mol. The van der Waals surface area contributed by atoms with Crippen LogP contribution in [0.3, 0.4) is 0 Å². The number of nitrogens with one attached hydrogen (secondary N) is 1. The predicted octanol–water partition coefficient (Wildman–Crippen LogP) is 2.21. The molecule has 0 aliphatic rings. The number of aromatic nitrogens is 1. The molecule has 0 aliphatic carbocycles. The molecule has 0 spiro atoms. The number of ketones is 1. The molecule has 0 aromatic carbocycles. The maximum atomic E-state index is 11.7. The van der Waals surface area contributed by atoms with Gasteiger partial charge in [-0.2, -0.15) is 0 Å². The van der Waals surface area contributed by atoms with Gasteiger partial charge < -0.3 is 5.32 Å².